The van der Waals surface area contributed by atoms with Crippen LogP contribution in [0.3, 0.4) is 0 Å². The maximum Gasteiger partial charge on any atom is 0.416 e. The van der Waals surface area contributed by atoms with E-state index in [1.807, 2.05) is 0 Å². The van der Waals surface area contributed by atoms with Gasteiger partial charge in [-0.3, -0.25) is 4.79 Å². The fraction of sp³-hybridized carbons (Fsp3) is 0.133. The van der Waals surface area contributed by atoms with Gasteiger partial charge in [-0.25, -0.2) is 9.18 Å². The SMILES string of the molecule is COC(=O)[C@H](Cc1ccc(-c2ccc(F)c(Cl)c2)cc1)NC(=O)c1cc(-c2ccc(C(F)(F)F)cc2)ccc1N. The van der Waals surface area contributed by atoms with Crippen molar-refractivity contribution in [2.24, 2.45) is 0 Å². The van der Waals surface area contributed by atoms with Gasteiger partial charge in [0.1, 0.15) is 11.9 Å². The maximum absolute atomic E-state index is 13.5. The van der Waals surface area contributed by atoms with Gasteiger partial charge in [0.2, 0.25) is 0 Å². The van der Waals surface area contributed by atoms with Crippen molar-refractivity contribution >= 4 is 29.2 Å². The summed E-state index contributed by atoms with van der Waals surface area (Å²) >= 11 is 5.88. The van der Waals surface area contributed by atoms with Gasteiger partial charge in [-0.05, 0) is 64.2 Å². The number of nitrogens with two attached hydrogens (primary N) is 1. The van der Waals surface area contributed by atoms with E-state index in [0.717, 1.165) is 17.7 Å². The van der Waals surface area contributed by atoms with Crippen molar-refractivity contribution < 1.29 is 31.9 Å². The number of halogens is 5. The smallest absolute Gasteiger partial charge is 0.416 e. The molecule has 0 spiro atoms. The van der Waals surface area contributed by atoms with E-state index in [4.69, 9.17) is 22.1 Å². The number of alkyl halides is 3. The van der Waals surface area contributed by atoms with E-state index in [1.165, 1.54) is 43.5 Å². The molecule has 4 aromatic carbocycles. The van der Waals surface area contributed by atoms with Gasteiger partial charge < -0.3 is 15.8 Å². The van der Waals surface area contributed by atoms with Crippen LogP contribution >= 0.6 is 11.6 Å². The summed E-state index contributed by atoms with van der Waals surface area (Å²) in [5.41, 5.74) is 8.52. The Balaban J connectivity index is 1.53. The zero-order valence-corrected chi connectivity index (χ0v) is 21.8. The number of carbonyl (C=O) groups excluding carboxylic acids is 2. The lowest BCUT2D eigenvalue weighted by molar-refractivity contribution is -0.143. The summed E-state index contributed by atoms with van der Waals surface area (Å²) in [6, 6.07) is 19.4. The van der Waals surface area contributed by atoms with E-state index >= 15 is 0 Å². The molecule has 0 bridgehead atoms. The molecule has 0 aliphatic rings. The Hall–Kier alpha value is -4.37. The van der Waals surface area contributed by atoms with Crippen molar-refractivity contribution in [2.75, 3.05) is 12.8 Å². The summed E-state index contributed by atoms with van der Waals surface area (Å²) in [5, 5.41) is 2.64. The van der Waals surface area contributed by atoms with Crippen LogP contribution in [0, 0.1) is 5.82 Å². The molecule has 10 heteroatoms. The number of rotatable bonds is 7. The molecule has 0 saturated heterocycles. The predicted molar refractivity (Wildman–Crippen MR) is 145 cm³/mol. The Morgan fingerprint density at radius 1 is 0.875 bits per heavy atom. The third kappa shape index (κ3) is 6.60. The second kappa shape index (κ2) is 11.8. The lowest BCUT2D eigenvalue weighted by atomic mass is 9.99. The Labute approximate surface area is 232 Å². The quantitative estimate of drug-likeness (QED) is 0.143. The summed E-state index contributed by atoms with van der Waals surface area (Å²) in [5.74, 6) is -1.86. The fourth-order valence-electron chi connectivity index (χ4n) is 4.10. The Morgan fingerprint density at radius 2 is 1.43 bits per heavy atom. The summed E-state index contributed by atoms with van der Waals surface area (Å²) in [7, 11) is 1.20. The number of hydrogen-bond acceptors (Lipinski definition) is 4. The highest BCUT2D eigenvalue weighted by Crippen LogP contribution is 2.32. The first-order valence-corrected chi connectivity index (χ1v) is 12.3. The molecule has 40 heavy (non-hydrogen) atoms. The minimum Gasteiger partial charge on any atom is -0.467 e. The van der Waals surface area contributed by atoms with Crippen LogP contribution < -0.4 is 11.1 Å². The normalized spacial score (nSPS) is 12.1. The third-order valence-electron chi connectivity index (χ3n) is 6.28. The van der Waals surface area contributed by atoms with Crippen LogP contribution in [0.15, 0.2) is 84.9 Å². The zero-order valence-electron chi connectivity index (χ0n) is 21.1. The summed E-state index contributed by atoms with van der Waals surface area (Å²) in [6.45, 7) is 0. The van der Waals surface area contributed by atoms with Gasteiger partial charge in [0.05, 0.1) is 23.3 Å². The van der Waals surface area contributed by atoms with Crippen LogP contribution in [0.5, 0.6) is 0 Å². The molecule has 0 aliphatic carbocycles. The van der Waals surface area contributed by atoms with E-state index in [0.29, 0.717) is 22.3 Å². The highest BCUT2D eigenvalue weighted by Gasteiger charge is 2.30. The number of carbonyl (C=O) groups is 2. The van der Waals surface area contributed by atoms with Crippen molar-refractivity contribution in [2.45, 2.75) is 18.6 Å². The van der Waals surface area contributed by atoms with Gasteiger partial charge in [0, 0.05) is 12.1 Å². The van der Waals surface area contributed by atoms with Gasteiger partial charge in [-0.15, -0.1) is 0 Å². The number of hydrogen-bond donors (Lipinski definition) is 2. The van der Waals surface area contributed by atoms with Gasteiger partial charge in [-0.2, -0.15) is 13.2 Å². The number of nitrogen functional groups attached to an aromatic ring is 1. The number of esters is 1. The zero-order chi connectivity index (χ0) is 29.0. The first kappa shape index (κ1) is 28.6. The van der Waals surface area contributed by atoms with E-state index in [1.54, 1.807) is 36.4 Å². The fourth-order valence-corrected chi connectivity index (χ4v) is 4.28. The van der Waals surface area contributed by atoms with Crippen LogP contribution in [0.1, 0.15) is 21.5 Å². The largest absolute Gasteiger partial charge is 0.467 e. The van der Waals surface area contributed by atoms with Crippen molar-refractivity contribution in [3.8, 4) is 22.3 Å². The molecule has 0 saturated carbocycles. The van der Waals surface area contributed by atoms with Crippen LogP contribution in [0.2, 0.25) is 5.02 Å². The highest BCUT2D eigenvalue weighted by atomic mass is 35.5. The lowest BCUT2D eigenvalue weighted by Crippen LogP contribution is -2.43. The molecule has 1 amide bonds. The average Bonchev–Trinajstić information content (AvgIpc) is 2.94. The van der Waals surface area contributed by atoms with Crippen LogP contribution in [-0.2, 0) is 22.1 Å². The monoisotopic (exact) mass is 570 g/mol. The van der Waals surface area contributed by atoms with Crippen molar-refractivity contribution in [3.05, 3.63) is 112 Å². The molecule has 5 nitrogen and oxygen atoms in total. The number of anilines is 1. The average molecular weight is 571 g/mol. The minimum absolute atomic E-state index is 0.00305. The molecule has 0 fully saturated rings. The molecule has 0 radical (unpaired) electrons. The molecule has 0 aromatic heterocycles. The first-order valence-electron chi connectivity index (χ1n) is 12.0. The molecule has 3 N–H and O–H groups in total. The van der Waals surface area contributed by atoms with Crippen molar-refractivity contribution in [1.29, 1.82) is 0 Å². The summed E-state index contributed by atoms with van der Waals surface area (Å²) in [6.07, 6.45) is -4.37. The molecule has 4 rings (SSSR count). The van der Waals surface area contributed by atoms with E-state index in [9.17, 15) is 27.2 Å². The van der Waals surface area contributed by atoms with Crippen molar-refractivity contribution in [1.82, 2.24) is 5.32 Å². The third-order valence-corrected chi connectivity index (χ3v) is 6.57. The molecule has 0 aliphatic heterocycles. The number of ether oxygens (including phenoxy) is 1. The number of nitrogens with one attached hydrogen (secondary N) is 1. The van der Waals surface area contributed by atoms with Crippen LogP contribution in [-0.4, -0.2) is 25.0 Å². The number of benzene rings is 4. The first-order chi connectivity index (χ1) is 19.0. The van der Waals surface area contributed by atoms with Gasteiger partial charge in [0.25, 0.3) is 5.91 Å². The van der Waals surface area contributed by atoms with Gasteiger partial charge in [-0.1, -0.05) is 60.1 Å². The lowest BCUT2D eigenvalue weighted by Gasteiger charge is -2.18. The van der Waals surface area contributed by atoms with Gasteiger partial charge >= 0.3 is 12.1 Å². The Bertz CT molecular complexity index is 1540. The molecular formula is C30H23ClF4N2O3. The predicted octanol–water partition coefficient (Wildman–Crippen LogP) is 6.93. The second-order valence-electron chi connectivity index (χ2n) is 8.96. The number of amides is 1. The molecule has 1 atom stereocenters. The van der Waals surface area contributed by atoms with Crippen LogP contribution in [0.4, 0.5) is 23.2 Å². The van der Waals surface area contributed by atoms with Gasteiger partial charge in [0.15, 0.2) is 0 Å². The highest BCUT2D eigenvalue weighted by molar-refractivity contribution is 6.31. The Kier molecular flexibility index (Phi) is 8.44. The maximum atomic E-state index is 13.5. The van der Waals surface area contributed by atoms with E-state index in [2.05, 4.69) is 5.32 Å². The minimum atomic E-state index is -4.47. The second-order valence-corrected chi connectivity index (χ2v) is 9.36. The Morgan fingerprint density at radius 3 is 2.00 bits per heavy atom. The van der Waals surface area contributed by atoms with E-state index in [-0.39, 0.29) is 22.7 Å². The number of methoxy groups -OCH3 is 1. The van der Waals surface area contributed by atoms with Crippen molar-refractivity contribution in [3.63, 3.8) is 0 Å². The molecule has 4 aromatic rings. The van der Waals surface area contributed by atoms with Crippen LogP contribution in [0.25, 0.3) is 22.3 Å². The summed E-state index contributed by atoms with van der Waals surface area (Å²) < 4.78 is 57.1. The summed E-state index contributed by atoms with van der Waals surface area (Å²) in [4.78, 5) is 25.7. The topological polar surface area (TPSA) is 81.4 Å². The van der Waals surface area contributed by atoms with E-state index < -0.39 is 35.5 Å². The molecular weight excluding hydrogens is 548 g/mol. The molecule has 206 valence electrons. The standard InChI is InChI=1S/C30H23ClF4N2O3/c1-40-29(39)27(14-17-2-4-18(5-3-17)21-8-12-25(32)24(31)16-21)37-28(38)23-15-20(9-13-26(23)36)19-6-10-22(11-7-19)30(33,34)35/h2-13,15-16,27H,14,36H2,1H3,(H,37,38)/t27-/m0/s1. The molecule has 0 heterocycles. The molecule has 0 unspecified atom stereocenters.